The largest absolute Gasteiger partial charge is 0.385 e. The average molecular weight is 214 g/mol. The number of methoxy groups -OCH3 is 1. The third-order valence-corrected chi connectivity index (χ3v) is 3.08. The zero-order valence-corrected chi connectivity index (χ0v) is 9.86. The van der Waals surface area contributed by atoms with Crippen molar-refractivity contribution < 1.29 is 4.74 Å². The van der Waals surface area contributed by atoms with Crippen molar-refractivity contribution in [1.29, 1.82) is 0 Å². The van der Waals surface area contributed by atoms with Crippen molar-refractivity contribution in [3.05, 3.63) is 16.1 Å². The quantitative estimate of drug-likeness (QED) is 0.737. The summed E-state index contributed by atoms with van der Waals surface area (Å²) < 4.78 is 4.98. The van der Waals surface area contributed by atoms with Gasteiger partial charge in [-0.25, -0.2) is 4.98 Å². The fraction of sp³-hybridized carbons (Fsp3) is 0.700. The monoisotopic (exact) mass is 214 g/mol. The highest BCUT2D eigenvalue weighted by molar-refractivity contribution is 7.11. The molecule has 0 saturated carbocycles. The fourth-order valence-corrected chi connectivity index (χ4v) is 2.00. The highest BCUT2D eigenvalue weighted by Crippen LogP contribution is 2.18. The Morgan fingerprint density at radius 3 is 3.00 bits per heavy atom. The SMILES string of the molecule is COCCCNC(C)c1ncc(C)s1. The molecule has 1 aromatic rings. The van der Waals surface area contributed by atoms with E-state index in [-0.39, 0.29) is 0 Å². The molecule has 1 unspecified atom stereocenters. The Labute approximate surface area is 89.5 Å². The minimum absolute atomic E-state index is 0.352. The van der Waals surface area contributed by atoms with Gasteiger partial charge < -0.3 is 10.1 Å². The number of ether oxygens (including phenoxy) is 1. The van der Waals surface area contributed by atoms with Crippen molar-refractivity contribution in [3.63, 3.8) is 0 Å². The van der Waals surface area contributed by atoms with E-state index >= 15 is 0 Å². The molecule has 1 atom stereocenters. The van der Waals surface area contributed by atoms with E-state index < -0.39 is 0 Å². The van der Waals surface area contributed by atoms with Crippen LogP contribution in [-0.4, -0.2) is 25.2 Å². The van der Waals surface area contributed by atoms with E-state index in [1.807, 2.05) is 6.20 Å². The first-order chi connectivity index (χ1) is 6.74. The van der Waals surface area contributed by atoms with Gasteiger partial charge in [-0.1, -0.05) is 0 Å². The lowest BCUT2D eigenvalue weighted by molar-refractivity contribution is 0.193. The maximum absolute atomic E-state index is 4.98. The predicted molar refractivity (Wildman–Crippen MR) is 59.8 cm³/mol. The summed E-state index contributed by atoms with van der Waals surface area (Å²) >= 11 is 1.75. The van der Waals surface area contributed by atoms with Gasteiger partial charge in [0.05, 0.1) is 6.04 Å². The van der Waals surface area contributed by atoms with E-state index in [0.717, 1.165) is 19.6 Å². The van der Waals surface area contributed by atoms with Crippen LogP contribution >= 0.6 is 11.3 Å². The number of hydrogen-bond acceptors (Lipinski definition) is 4. The number of nitrogens with zero attached hydrogens (tertiary/aromatic N) is 1. The minimum Gasteiger partial charge on any atom is -0.385 e. The van der Waals surface area contributed by atoms with Gasteiger partial charge in [0.15, 0.2) is 0 Å². The summed E-state index contributed by atoms with van der Waals surface area (Å²) in [7, 11) is 1.73. The van der Waals surface area contributed by atoms with E-state index in [1.54, 1.807) is 18.4 Å². The van der Waals surface area contributed by atoms with Crippen LogP contribution < -0.4 is 5.32 Å². The van der Waals surface area contributed by atoms with Crippen LogP contribution in [0.3, 0.4) is 0 Å². The van der Waals surface area contributed by atoms with Crippen LogP contribution in [0.25, 0.3) is 0 Å². The van der Waals surface area contributed by atoms with Gasteiger partial charge in [0.25, 0.3) is 0 Å². The van der Waals surface area contributed by atoms with Gasteiger partial charge in [-0.05, 0) is 26.8 Å². The normalized spacial score (nSPS) is 13.1. The predicted octanol–water partition coefficient (Wildman–Crippen LogP) is 2.14. The summed E-state index contributed by atoms with van der Waals surface area (Å²) in [5, 5.41) is 4.58. The Morgan fingerprint density at radius 2 is 2.43 bits per heavy atom. The maximum atomic E-state index is 4.98. The molecule has 0 aliphatic carbocycles. The van der Waals surface area contributed by atoms with Crippen LogP contribution in [-0.2, 0) is 4.74 Å². The van der Waals surface area contributed by atoms with Gasteiger partial charge >= 0.3 is 0 Å². The first-order valence-electron chi connectivity index (χ1n) is 4.88. The summed E-state index contributed by atoms with van der Waals surface area (Å²) in [4.78, 5) is 5.61. The lowest BCUT2D eigenvalue weighted by Crippen LogP contribution is -2.20. The molecule has 0 aromatic carbocycles. The number of thiazole rings is 1. The lowest BCUT2D eigenvalue weighted by atomic mass is 10.3. The molecule has 0 saturated heterocycles. The standard InChI is InChI=1S/C10H18N2OS/c1-8-7-12-10(14-8)9(2)11-5-4-6-13-3/h7,9,11H,4-6H2,1-3H3. The van der Waals surface area contributed by atoms with Crippen molar-refractivity contribution in [2.45, 2.75) is 26.3 Å². The number of nitrogens with one attached hydrogen (secondary N) is 1. The van der Waals surface area contributed by atoms with Gasteiger partial charge in [0, 0.05) is 24.8 Å². The molecule has 1 heterocycles. The Hall–Kier alpha value is -0.450. The maximum Gasteiger partial charge on any atom is 0.109 e. The zero-order valence-electron chi connectivity index (χ0n) is 9.04. The van der Waals surface area contributed by atoms with Crippen molar-refractivity contribution in [1.82, 2.24) is 10.3 Å². The van der Waals surface area contributed by atoms with E-state index in [2.05, 4.69) is 24.1 Å². The summed E-state index contributed by atoms with van der Waals surface area (Å²) in [5.41, 5.74) is 0. The van der Waals surface area contributed by atoms with Crippen LogP contribution in [0.1, 0.15) is 29.3 Å². The van der Waals surface area contributed by atoms with E-state index in [0.29, 0.717) is 6.04 Å². The second kappa shape index (κ2) is 6.11. The summed E-state index contributed by atoms with van der Waals surface area (Å²) in [5.74, 6) is 0. The van der Waals surface area contributed by atoms with Crippen LogP contribution in [0.15, 0.2) is 6.20 Å². The summed E-state index contributed by atoms with van der Waals surface area (Å²) in [6.07, 6.45) is 2.97. The Balaban J connectivity index is 2.25. The molecule has 4 heteroatoms. The Bertz CT molecular complexity index is 262. The molecule has 14 heavy (non-hydrogen) atoms. The van der Waals surface area contributed by atoms with Crippen LogP contribution in [0.2, 0.25) is 0 Å². The highest BCUT2D eigenvalue weighted by atomic mass is 32.1. The van der Waals surface area contributed by atoms with Gasteiger partial charge in [0.1, 0.15) is 5.01 Å². The van der Waals surface area contributed by atoms with Crippen molar-refractivity contribution in [2.24, 2.45) is 0 Å². The van der Waals surface area contributed by atoms with Gasteiger partial charge in [-0.15, -0.1) is 11.3 Å². The Kier molecular flexibility index (Phi) is 5.07. The second-order valence-corrected chi connectivity index (χ2v) is 4.60. The van der Waals surface area contributed by atoms with Gasteiger partial charge in [0.2, 0.25) is 0 Å². The van der Waals surface area contributed by atoms with Crippen molar-refractivity contribution >= 4 is 11.3 Å². The molecule has 1 N–H and O–H groups in total. The molecule has 0 spiro atoms. The fourth-order valence-electron chi connectivity index (χ4n) is 1.19. The third kappa shape index (κ3) is 3.74. The molecule has 1 rings (SSSR count). The molecular formula is C10H18N2OS. The molecular weight excluding hydrogens is 196 g/mol. The lowest BCUT2D eigenvalue weighted by Gasteiger charge is -2.10. The summed E-state index contributed by atoms with van der Waals surface area (Å²) in [6, 6.07) is 0.352. The molecule has 0 fully saturated rings. The number of hydrogen-bond donors (Lipinski definition) is 1. The van der Waals surface area contributed by atoms with E-state index in [9.17, 15) is 0 Å². The molecule has 0 bridgehead atoms. The van der Waals surface area contributed by atoms with Crippen molar-refractivity contribution in [3.8, 4) is 0 Å². The molecule has 0 aliphatic heterocycles. The highest BCUT2D eigenvalue weighted by Gasteiger charge is 2.07. The van der Waals surface area contributed by atoms with E-state index in [1.165, 1.54) is 9.88 Å². The topological polar surface area (TPSA) is 34.1 Å². The molecule has 0 amide bonds. The van der Waals surface area contributed by atoms with Crippen LogP contribution in [0.4, 0.5) is 0 Å². The first kappa shape index (κ1) is 11.6. The van der Waals surface area contributed by atoms with Crippen LogP contribution in [0.5, 0.6) is 0 Å². The minimum atomic E-state index is 0.352. The zero-order chi connectivity index (χ0) is 10.4. The van der Waals surface area contributed by atoms with Gasteiger partial charge in [-0.3, -0.25) is 0 Å². The second-order valence-electron chi connectivity index (χ2n) is 3.33. The third-order valence-electron chi connectivity index (χ3n) is 1.99. The van der Waals surface area contributed by atoms with Gasteiger partial charge in [-0.2, -0.15) is 0 Å². The van der Waals surface area contributed by atoms with Crippen LogP contribution in [0, 0.1) is 6.92 Å². The average Bonchev–Trinajstić information content (AvgIpc) is 2.59. The van der Waals surface area contributed by atoms with E-state index in [4.69, 9.17) is 4.74 Å². The summed E-state index contributed by atoms with van der Waals surface area (Å²) in [6.45, 7) is 6.02. The molecule has 0 radical (unpaired) electrons. The number of aromatic nitrogens is 1. The molecule has 1 aromatic heterocycles. The molecule has 80 valence electrons. The number of rotatable bonds is 6. The molecule has 3 nitrogen and oxygen atoms in total. The smallest absolute Gasteiger partial charge is 0.109 e. The van der Waals surface area contributed by atoms with Crippen molar-refractivity contribution in [2.75, 3.05) is 20.3 Å². The first-order valence-corrected chi connectivity index (χ1v) is 5.70. The molecule has 0 aliphatic rings. The Morgan fingerprint density at radius 1 is 1.64 bits per heavy atom. The number of aryl methyl sites for hydroxylation is 1.